The Morgan fingerprint density at radius 1 is 1.50 bits per heavy atom. The molecule has 0 aliphatic heterocycles. The van der Waals surface area contributed by atoms with Crippen molar-refractivity contribution in [2.24, 2.45) is 5.73 Å². The zero-order valence-corrected chi connectivity index (χ0v) is 14.1. The Kier molecular flexibility index (Phi) is 7.74. The van der Waals surface area contributed by atoms with Crippen LogP contribution in [-0.2, 0) is 27.0 Å². The summed E-state index contributed by atoms with van der Waals surface area (Å²) in [4.78, 5) is 32.0. The molecule has 0 fully saturated rings. The van der Waals surface area contributed by atoms with Crippen molar-refractivity contribution in [1.29, 1.82) is 0 Å². The topological polar surface area (TPSA) is 175 Å². The highest BCUT2D eigenvalue weighted by molar-refractivity contribution is 7.46. The van der Waals surface area contributed by atoms with Crippen molar-refractivity contribution in [3.8, 4) is 5.75 Å². The van der Waals surface area contributed by atoms with Gasteiger partial charge in [0, 0.05) is 42.9 Å². The fourth-order valence-corrected chi connectivity index (χ4v) is 2.26. The summed E-state index contributed by atoms with van der Waals surface area (Å²) in [5.41, 5.74) is 6.86. The molecule has 1 aromatic heterocycles. The first-order chi connectivity index (χ1) is 11.1. The van der Waals surface area contributed by atoms with Crippen LogP contribution in [0.3, 0.4) is 0 Å². The third-order valence-corrected chi connectivity index (χ3v) is 3.72. The van der Waals surface area contributed by atoms with E-state index in [1.165, 1.54) is 6.20 Å². The maximum Gasteiger partial charge on any atom is 0.469 e. The number of nitrogens with zero attached hydrogens (tertiary/aromatic N) is 1. The molecule has 0 aromatic carbocycles. The van der Waals surface area contributed by atoms with Crippen LogP contribution in [0.25, 0.3) is 0 Å². The molecule has 10 nitrogen and oxygen atoms in total. The lowest BCUT2D eigenvalue weighted by molar-refractivity contribution is -0.137. The summed E-state index contributed by atoms with van der Waals surface area (Å²) < 4.78 is 15.2. The minimum absolute atomic E-state index is 0.0379. The first-order valence-electron chi connectivity index (χ1n) is 7.14. The van der Waals surface area contributed by atoms with Crippen molar-refractivity contribution in [1.82, 2.24) is 10.3 Å². The zero-order chi connectivity index (χ0) is 18.3. The van der Waals surface area contributed by atoms with Gasteiger partial charge in [0.15, 0.2) is 0 Å². The molecule has 0 saturated carbocycles. The van der Waals surface area contributed by atoms with Crippen molar-refractivity contribution in [3.05, 3.63) is 23.0 Å². The second-order valence-electron chi connectivity index (χ2n) is 5.28. The number of carbonyl (C=O) groups is 1. The van der Waals surface area contributed by atoms with Crippen LogP contribution in [0.1, 0.15) is 29.7 Å². The summed E-state index contributed by atoms with van der Waals surface area (Å²) in [7, 11) is -4.64. The van der Waals surface area contributed by atoms with E-state index < -0.39 is 20.4 Å². The quantitative estimate of drug-likeness (QED) is 0.310. The van der Waals surface area contributed by atoms with Crippen LogP contribution in [-0.4, -0.2) is 43.5 Å². The highest BCUT2D eigenvalue weighted by Crippen LogP contribution is 2.38. The van der Waals surface area contributed by atoms with E-state index in [2.05, 4.69) is 14.8 Å². The van der Waals surface area contributed by atoms with Gasteiger partial charge < -0.3 is 31.1 Å². The number of aromatic nitrogens is 1. The van der Waals surface area contributed by atoms with Crippen LogP contribution >= 0.6 is 7.82 Å². The van der Waals surface area contributed by atoms with E-state index in [1.54, 1.807) is 6.92 Å². The van der Waals surface area contributed by atoms with Crippen molar-refractivity contribution < 1.29 is 33.9 Å². The highest BCUT2D eigenvalue weighted by atomic mass is 31.2. The summed E-state index contributed by atoms with van der Waals surface area (Å²) in [5, 5.41) is 21.7. The minimum Gasteiger partial charge on any atom is -0.506 e. The lowest BCUT2D eigenvalue weighted by Gasteiger charge is -2.16. The molecule has 0 amide bonds. The van der Waals surface area contributed by atoms with Crippen LogP contribution in [0.15, 0.2) is 6.20 Å². The lowest BCUT2D eigenvalue weighted by Crippen LogP contribution is -2.34. The molecule has 0 saturated heterocycles. The number of hydrogen-bond acceptors (Lipinski definition) is 7. The predicted octanol–water partition coefficient (Wildman–Crippen LogP) is -0.0134. The average Bonchev–Trinajstić information content (AvgIpc) is 2.47. The fraction of sp³-hybridized carbons (Fsp3) is 0.538. The van der Waals surface area contributed by atoms with Gasteiger partial charge in [-0.3, -0.25) is 14.3 Å². The molecule has 24 heavy (non-hydrogen) atoms. The summed E-state index contributed by atoms with van der Waals surface area (Å²) >= 11 is 0. The van der Waals surface area contributed by atoms with E-state index in [1.807, 2.05) is 0 Å². The van der Waals surface area contributed by atoms with Crippen LogP contribution in [0.2, 0.25) is 0 Å². The number of aliphatic carboxylic acids is 1. The molecule has 0 unspecified atom stereocenters. The number of aromatic hydroxyl groups is 1. The molecular formula is C13H22N3O7P. The Balaban J connectivity index is 2.69. The summed E-state index contributed by atoms with van der Waals surface area (Å²) in [6, 6.07) is -0.374. The van der Waals surface area contributed by atoms with Gasteiger partial charge in [-0.05, 0) is 13.3 Å². The van der Waals surface area contributed by atoms with Gasteiger partial charge in [-0.25, -0.2) is 4.57 Å². The van der Waals surface area contributed by atoms with Gasteiger partial charge in [0.2, 0.25) is 0 Å². The van der Waals surface area contributed by atoms with Crippen molar-refractivity contribution in [2.45, 2.75) is 39.0 Å². The molecule has 0 aliphatic rings. The maximum atomic E-state index is 10.8. The van der Waals surface area contributed by atoms with Gasteiger partial charge in [-0.1, -0.05) is 0 Å². The number of pyridine rings is 1. The Morgan fingerprint density at radius 2 is 2.17 bits per heavy atom. The molecule has 11 heteroatoms. The Morgan fingerprint density at radius 3 is 2.75 bits per heavy atom. The van der Waals surface area contributed by atoms with Gasteiger partial charge in [0.25, 0.3) is 0 Å². The van der Waals surface area contributed by atoms with Gasteiger partial charge >= 0.3 is 13.8 Å². The minimum atomic E-state index is -4.64. The highest BCUT2D eigenvalue weighted by Gasteiger charge is 2.18. The van der Waals surface area contributed by atoms with Gasteiger partial charge in [0.05, 0.1) is 12.3 Å². The molecule has 7 N–H and O–H groups in total. The van der Waals surface area contributed by atoms with Crippen LogP contribution in [0.4, 0.5) is 0 Å². The number of carboxylic acid groups (broad SMARTS) is 1. The summed E-state index contributed by atoms with van der Waals surface area (Å²) in [6.45, 7) is 1.65. The SMILES string of the molecule is Cc1ncc(COP(=O)(O)O)c(CNC[C@@H](N)CCC(=O)O)c1O. The second-order valence-corrected chi connectivity index (χ2v) is 6.52. The number of carboxylic acids is 1. The molecule has 1 atom stereocenters. The number of rotatable bonds is 10. The summed E-state index contributed by atoms with van der Waals surface area (Å²) in [5.74, 6) is -1.03. The summed E-state index contributed by atoms with van der Waals surface area (Å²) in [6.07, 6.45) is 1.63. The van der Waals surface area contributed by atoms with Crippen molar-refractivity contribution in [3.63, 3.8) is 0 Å². The van der Waals surface area contributed by atoms with Crippen molar-refractivity contribution >= 4 is 13.8 Å². The third kappa shape index (κ3) is 7.35. The van der Waals surface area contributed by atoms with E-state index >= 15 is 0 Å². The molecule has 136 valence electrons. The smallest absolute Gasteiger partial charge is 0.469 e. The van der Waals surface area contributed by atoms with Gasteiger partial charge in [-0.2, -0.15) is 0 Å². The van der Waals surface area contributed by atoms with Gasteiger partial charge in [0.1, 0.15) is 5.75 Å². The standard InChI is InChI=1S/C13H22N3O7P/c1-8-13(19)11(6-15-5-10(14)2-3-12(17)18)9(4-16-8)7-23-24(20,21)22/h4,10,15,19H,2-3,5-7,14H2,1H3,(H,17,18)(H2,20,21,22)/t10-/m0/s1. The fourth-order valence-electron chi connectivity index (χ4n) is 1.95. The number of phosphoric acid groups is 1. The normalized spacial score (nSPS) is 13.0. The Bertz CT molecular complexity index is 620. The first-order valence-corrected chi connectivity index (χ1v) is 8.67. The van der Waals surface area contributed by atoms with Crippen LogP contribution in [0, 0.1) is 6.92 Å². The number of hydrogen-bond donors (Lipinski definition) is 6. The molecular weight excluding hydrogens is 341 g/mol. The van der Waals surface area contributed by atoms with E-state index in [0.29, 0.717) is 29.8 Å². The zero-order valence-electron chi connectivity index (χ0n) is 13.2. The molecule has 0 bridgehead atoms. The second kappa shape index (κ2) is 9.07. The number of phosphoric ester groups is 1. The molecule has 0 aliphatic carbocycles. The molecule has 1 rings (SSSR count). The van der Waals surface area contributed by atoms with E-state index in [-0.39, 0.29) is 24.8 Å². The van der Waals surface area contributed by atoms with E-state index in [0.717, 1.165) is 0 Å². The number of nitrogens with one attached hydrogen (secondary N) is 1. The monoisotopic (exact) mass is 363 g/mol. The predicted molar refractivity (Wildman–Crippen MR) is 84.0 cm³/mol. The average molecular weight is 363 g/mol. The van der Waals surface area contributed by atoms with Crippen LogP contribution in [0.5, 0.6) is 5.75 Å². The van der Waals surface area contributed by atoms with Gasteiger partial charge in [-0.15, -0.1) is 0 Å². The Hall–Kier alpha value is -1.55. The molecule has 1 aromatic rings. The van der Waals surface area contributed by atoms with Crippen LogP contribution < -0.4 is 11.1 Å². The first kappa shape index (κ1) is 20.5. The van der Waals surface area contributed by atoms with Crippen molar-refractivity contribution in [2.75, 3.05) is 6.54 Å². The maximum absolute atomic E-state index is 10.8. The largest absolute Gasteiger partial charge is 0.506 e. The van der Waals surface area contributed by atoms with E-state index in [4.69, 9.17) is 20.6 Å². The molecule has 0 radical (unpaired) electrons. The number of nitrogens with two attached hydrogens (primary N) is 1. The number of aryl methyl sites for hydroxylation is 1. The third-order valence-electron chi connectivity index (χ3n) is 3.26. The molecule has 1 heterocycles. The lowest BCUT2D eigenvalue weighted by atomic mass is 10.1. The van der Waals surface area contributed by atoms with E-state index in [9.17, 15) is 14.5 Å². The Labute approximate surface area is 138 Å². The molecule has 0 spiro atoms.